The molecule has 0 aliphatic carbocycles. The highest BCUT2D eigenvalue weighted by molar-refractivity contribution is 6.31. The molecular weight excluding hydrogens is 244 g/mol. The van der Waals surface area contributed by atoms with Crippen LogP contribution in [-0.2, 0) is 9.53 Å². The number of amides is 1. The molecule has 0 saturated carbocycles. The van der Waals surface area contributed by atoms with Gasteiger partial charge < -0.3 is 15.8 Å². The fourth-order valence-corrected chi connectivity index (χ4v) is 1.34. The van der Waals surface area contributed by atoms with E-state index in [2.05, 4.69) is 15.3 Å². The van der Waals surface area contributed by atoms with Gasteiger partial charge in [0.2, 0.25) is 5.91 Å². The molecule has 94 valence electrons. The number of carbonyl (C=O) groups excluding carboxylic acids is 1. The average molecular weight is 259 g/mol. The van der Waals surface area contributed by atoms with Gasteiger partial charge in [0.1, 0.15) is 6.61 Å². The third kappa shape index (κ3) is 4.54. The van der Waals surface area contributed by atoms with Gasteiger partial charge in [-0.3, -0.25) is 4.79 Å². The molecule has 6 nitrogen and oxygen atoms in total. The number of rotatable bonds is 6. The van der Waals surface area contributed by atoms with Crippen molar-refractivity contribution < 1.29 is 9.53 Å². The first-order valence-corrected chi connectivity index (χ1v) is 5.49. The van der Waals surface area contributed by atoms with Crippen LogP contribution in [0.4, 0.5) is 5.82 Å². The van der Waals surface area contributed by atoms with Gasteiger partial charge in [0.25, 0.3) is 0 Å². The number of aryl methyl sites for hydroxylation is 2. The Labute approximate surface area is 105 Å². The van der Waals surface area contributed by atoms with Gasteiger partial charge in [0.15, 0.2) is 11.0 Å². The lowest BCUT2D eigenvalue weighted by Gasteiger charge is -2.09. The van der Waals surface area contributed by atoms with Crippen molar-refractivity contribution in [2.75, 3.05) is 25.1 Å². The van der Waals surface area contributed by atoms with Crippen molar-refractivity contribution in [2.24, 2.45) is 5.73 Å². The molecule has 1 amide bonds. The molecule has 0 aliphatic rings. The standard InChI is InChI=1S/C10H15ClN4O2/c1-6-7(2)15-10(9(11)14-6)13-3-4-17-5-8(12)16/h3-5H2,1-2H3,(H2,12,16)(H,13,15). The minimum Gasteiger partial charge on any atom is -0.370 e. The predicted octanol–water partition coefficient (Wildman–Crippen LogP) is 0.661. The number of aromatic nitrogens is 2. The lowest BCUT2D eigenvalue weighted by Crippen LogP contribution is -2.21. The average Bonchev–Trinajstić information content (AvgIpc) is 2.24. The summed E-state index contributed by atoms with van der Waals surface area (Å²) in [6, 6.07) is 0. The maximum atomic E-state index is 10.4. The van der Waals surface area contributed by atoms with Crippen molar-refractivity contribution >= 4 is 23.3 Å². The topological polar surface area (TPSA) is 90.1 Å². The molecule has 0 unspecified atom stereocenters. The number of hydrogen-bond acceptors (Lipinski definition) is 5. The highest BCUT2D eigenvalue weighted by Crippen LogP contribution is 2.17. The first-order valence-electron chi connectivity index (χ1n) is 5.11. The summed E-state index contributed by atoms with van der Waals surface area (Å²) in [7, 11) is 0. The number of anilines is 1. The minimum atomic E-state index is -0.492. The number of nitrogens with two attached hydrogens (primary N) is 1. The highest BCUT2D eigenvalue weighted by Gasteiger charge is 2.06. The van der Waals surface area contributed by atoms with E-state index < -0.39 is 5.91 Å². The predicted molar refractivity (Wildman–Crippen MR) is 65.0 cm³/mol. The van der Waals surface area contributed by atoms with Gasteiger partial charge in [-0.25, -0.2) is 9.97 Å². The van der Waals surface area contributed by atoms with Crippen molar-refractivity contribution in [2.45, 2.75) is 13.8 Å². The Morgan fingerprint density at radius 1 is 1.41 bits per heavy atom. The second kappa shape index (κ2) is 6.36. The summed E-state index contributed by atoms with van der Waals surface area (Å²) in [5, 5.41) is 3.29. The molecule has 3 N–H and O–H groups in total. The van der Waals surface area contributed by atoms with E-state index in [1.165, 1.54) is 0 Å². The maximum Gasteiger partial charge on any atom is 0.243 e. The highest BCUT2D eigenvalue weighted by atomic mass is 35.5. The third-order valence-corrected chi connectivity index (χ3v) is 2.31. The Bertz CT molecular complexity index is 412. The zero-order valence-electron chi connectivity index (χ0n) is 9.79. The van der Waals surface area contributed by atoms with E-state index in [4.69, 9.17) is 22.1 Å². The first kappa shape index (κ1) is 13.7. The van der Waals surface area contributed by atoms with Crippen molar-refractivity contribution in [1.29, 1.82) is 0 Å². The van der Waals surface area contributed by atoms with Crippen LogP contribution in [0.3, 0.4) is 0 Å². The van der Waals surface area contributed by atoms with Crippen LogP contribution in [0.2, 0.25) is 5.15 Å². The van der Waals surface area contributed by atoms with Gasteiger partial charge in [-0.1, -0.05) is 11.6 Å². The number of ether oxygens (including phenoxy) is 1. The Kier molecular flexibility index (Phi) is 5.11. The molecule has 0 bridgehead atoms. The molecule has 0 aromatic carbocycles. The number of nitrogens with one attached hydrogen (secondary N) is 1. The van der Waals surface area contributed by atoms with Crippen LogP contribution in [0.25, 0.3) is 0 Å². The molecule has 0 spiro atoms. The van der Waals surface area contributed by atoms with Crippen molar-refractivity contribution in [3.05, 3.63) is 16.5 Å². The maximum absolute atomic E-state index is 10.4. The monoisotopic (exact) mass is 258 g/mol. The second-order valence-electron chi connectivity index (χ2n) is 3.48. The number of nitrogens with zero attached hydrogens (tertiary/aromatic N) is 2. The van der Waals surface area contributed by atoms with Crippen LogP contribution in [0.1, 0.15) is 11.4 Å². The fourth-order valence-electron chi connectivity index (χ4n) is 1.10. The summed E-state index contributed by atoms with van der Waals surface area (Å²) in [5.74, 6) is 0.0199. The van der Waals surface area contributed by atoms with E-state index >= 15 is 0 Å². The normalized spacial score (nSPS) is 10.3. The van der Waals surface area contributed by atoms with E-state index in [0.29, 0.717) is 24.1 Å². The molecule has 1 aromatic heterocycles. The van der Waals surface area contributed by atoms with E-state index in [9.17, 15) is 4.79 Å². The Morgan fingerprint density at radius 2 is 2.06 bits per heavy atom. The SMILES string of the molecule is Cc1nc(Cl)c(NCCOCC(N)=O)nc1C. The lowest BCUT2D eigenvalue weighted by atomic mass is 10.3. The van der Waals surface area contributed by atoms with E-state index in [0.717, 1.165) is 11.4 Å². The molecule has 0 atom stereocenters. The third-order valence-electron chi connectivity index (χ3n) is 2.05. The molecule has 0 radical (unpaired) electrons. The Hall–Kier alpha value is -1.40. The molecule has 0 aliphatic heterocycles. The quantitative estimate of drug-likeness (QED) is 0.732. The smallest absolute Gasteiger partial charge is 0.243 e. The lowest BCUT2D eigenvalue weighted by molar-refractivity contribution is -0.122. The van der Waals surface area contributed by atoms with Crippen molar-refractivity contribution in [3.63, 3.8) is 0 Å². The molecule has 0 fully saturated rings. The van der Waals surface area contributed by atoms with Crippen LogP contribution < -0.4 is 11.1 Å². The van der Waals surface area contributed by atoms with E-state index in [1.807, 2.05) is 13.8 Å². The number of carbonyl (C=O) groups is 1. The zero-order chi connectivity index (χ0) is 12.8. The van der Waals surface area contributed by atoms with Gasteiger partial charge >= 0.3 is 0 Å². The Balaban J connectivity index is 2.41. The molecule has 17 heavy (non-hydrogen) atoms. The van der Waals surface area contributed by atoms with Crippen LogP contribution in [-0.4, -0.2) is 35.6 Å². The van der Waals surface area contributed by atoms with Gasteiger partial charge in [-0.2, -0.15) is 0 Å². The minimum absolute atomic E-state index is 0.0893. The number of halogens is 1. The van der Waals surface area contributed by atoms with Crippen LogP contribution in [0.15, 0.2) is 0 Å². The summed E-state index contributed by atoms with van der Waals surface area (Å²) in [6.07, 6.45) is 0. The van der Waals surface area contributed by atoms with Crippen molar-refractivity contribution in [1.82, 2.24) is 9.97 Å². The molecule has 1 rings (SSSR count). The van der Waals surface area contributed by atoms with Crippen molar-refractivity contribution in [3.8, 4) is 0 Å². The summed E-state index contributed by atoms with van der Waals surface area (Å²) in [5.41, 5.74) is 6.53. The second-order valence-corrected chi connectivity index (χ2v) is 3.84. The van der Waals surface area contributed by atoms with Gasteiger partial charge in [-0.05, 0) is 13.8 Å². The van der Waals surface area contributed by atoms with Crippen LogP contribution in [0.5, 0.6) is 0 Å². The molecular formula is C10H15ClN4O2. The fraction of sp³-hybridized carbons (Fsp3) is 0.500. The summed E-state index contributed by atoms with van der Waals surface area (Å²) in [4.78, 5) is 18.8. The summed E-state index contributed by atoms with van der Waals surface area (Å²) >= 11 is 5.91. The first-order chi connectivity index (χ1) is 8.00. The van der Waals surface area contributed by atoms with Crippen LogP contribution in [0, 0.1) is 13.8 Å². The summed E-state index contributed by atoms with van der Waals surface area (Å²) < 4.78 is 4.98. The molecule has 1 heterocycles. The van der Waals surface area contributed by atoms with Gasteiger partial charge in [0, 0.05) is 6.54 Å². The van der Waals surface area contributed by atoms with E-state index in [-0.39, 0.29) is 6.61 Å². The molecule has 1 aromatic rings. The van der Waals surface area contributed by atoms with E-state index in [1.54, 1.807) is 0 Å². The number of primary amides is 1. The summed E-state index contributed by atoms with van der Waals surface area (Å²) in [6.45, 7) is 4.42. The Morgan fingerprint density at radius 3 is 2.71 bits per heavy atom. The zero-order valence-corrected chi connectivity index (χ0v) is 10.5. The van der Waals surface area contributed by atoms with Gasteiger partial charge in [-0.15, -0.1) is 0 Å². The number of hydrogen-bond donors (Lipinski definition) is 2. The van der Waals surface area contributed by atoms with Crippen LogP contribution >= 0.6 is 11.6 Å². The van der Waals surface area contributed by atoms with Gasteiger partial charge in [0.05, 0.1) is 18.0 Å². The molecule has 0 saturated heterocycles. The largest absolute Gasteiger partial charge is 0.370 e. The molecule has 7 heteroatoms.